The average molecular weight is 511 g/mol. The number of esters is 1. The van der Waals surface area contributed by atoms with Crippen molar-refractivity contribution in [2.45, 2.75) is 20.3 Å². The van der Waals surface area contributed by atoms with Crippen LogP contribution in [-0.4, -0.2) is 39.9 Å². The smallest absolute Gasteiger partial charge is 0.347 e. The van der Waals surface area contributed by atoms with Crippen LogP contribution in [0.4, 0.5) is 5.69 Å². The number of hydrogen-bond donors (Lipinski definition) is 2. The van der Waals surface area contributed by atoms with E-state index in [4.69, 9.17) is 14.2 Å². The van der Waals surface area contributed by atoms with Crippen LogP contribution in [0, 0.1) is 6.92 Å². The first-order valence-electron chi connectivity index (χ1n) is 12.2. The normalized spacial score (nSPS) is 14.2. The van der Waals surface area contributed by atoms with E-state index in [1.807, 2.05) is 49.4 Å². The Morgan fingerprint density at radius 1 is 1.13 bits per heavy atom. The van der Waals surface area contributed by atoms with Crippen molar-refractivity contribution in [1.82, 2.24) is 15.0 Å². The first-order valence-corrected chi connectivity index (χ1v) is 12.2. The van der Waals surface area contributed by atoms with Crippen LogP contribution >= 0.6 is 0 Å². The molecule has 1 aromatic carbocycles. The predicted molar refractivity (Wildman–Crippen MR) is 142 cm³/mol. The molecule has 3 aromatic heterocycles. The zero-order valence-corrected chi connectivity index (χ0v) is 21.0. The van der Waals surface area contributed by atoms with Crippen molar-refractivity contribution < 1.29 is 23.8 Å². The van der Waals surface area contributed by atoms with Crippen LogP contribution in [0.2, 0.25) is 0 Å². The van der Waals surface area contributed by atoms with Gasteiger partial charge >= 0.3 is 5.97 Å². The molecule has 0 saturated heterocycles. The predicted octanol–water partition coefficient (Wildman–Crippen LogP) is 4.71. The number of aryl methyl sites for hydroxylation is 1. The summed E-state index contributed by atoms with van der Waals surface area (Å²) in [4.78, 5) is 37.5. The lowest BCUT2D eigenvalue weighted by molar-refractivity contribution is -0.139. The second-order valence-electron chi connectivity index (χ2n) is 8.53. The third-order valence-electron chi connectivity index (χ3n) is 5.94. The second kappa shape index (κ2) is 11.0. The molecule has 38 heavy (non-hydrogen) atoms. The van der Waals surface area contributed by atoms with E-state index in [9.17, 15) is 9.59 Å². The van der Waals surface area contributed by atoms with Crippen LogP contribution in [0.1, 0.15) is 23.7 Å². The van der Waals surface area contributed by atoms with Gasteiger partial charge in [-0.15, -0.1) is 0 Å². The number of Topliss-reactive ketones (excluding diaryl/α,β-unsaturated/α-hetero) is 1. The Bertz CT molecular complexity index is 1560. The summed E-state index contributed by atoms with van der Waals surface area (Å²) in [6, 6.07) is 15.0. The zero-order chi connectivity index (χ0) is 26.5. The van der Waals surface area contributed by atoms with Crippen LogP contribution in [0.15, 0.2) is 84.3 Å². The maximum Gasteiger partial charge on any atom is 0.347 e. The molecule has 192 valence electrons. The molecule has 0 saturated carbocycles. The minimum absolute atomic E-state index is 0.00688. The largest absolute Gasteiger partial charge is 0.493 e. The summed E-state index contributed by atoms with van der Waals surface area (Å²) in [5, 5.41) is 3.92. The van der Waals surface area contributed by atoms with Crippen LogP contribution in [0.5, 0.6) is 5.75 Å². The van der Waals surface area contributed by atoms with E-state index in [1.54, 1.807) is 37.7 Å². The monoisotopic (exact) mass is 510 g/mol. The Balaban J connectivity index is 1.35. The molecule has 2 N–H and O–H groups in total. The van der Waals surface area contributed by atoms with Crippen molar-refractivity contribution in [3.8, 4) is 5.75 Å². The Morgan fingerprint density at radius 2 is 2.00 bits per heavy atom. The number of aromatic amines is 1. The summed E-state index contributed by atoms with van der Waals surface area (Å²) < 4.78 is 16.9. The van der Waals surface area contributed by atoms with E-state index in [2.05, 4.69) is 20.3 Å². The van der Waals surface area contributed by atoms with Gasteiger partial charge in [-0.1, -0.05) is 6.07 Å². The molecule has 0 bridgehead atoms. The molecular formula is C29H26N4O5. The van der Waals surface area contributed by atoms with E-state index in [-0.39, 0.29) is 23.8 Å². The lowest BCUT2D eigenvalue weighted by atomic mass is 10.1. The lowest BCUT2D eigenvalue weighted by Crippen LogP contribution is -2.16. The number of benzene rings is 1. The van der Waals surface area contributed by atoms with E-state index < -0.39 is 11.8 Å². The van der Waals surface area contributed by atoms with Crippen LogP contribution in [-0.2, 0) is 25.5 Å². The Morgan fingerprint density at radius 3 is 2.79 bits per heavy atom. The molecule has 9 nitrogen and oxygen atoms in total. The molecule has 0 unspecified atom stereocenters. The minimum atomic E-state index is -0.754. The van der Waals surface area contributed by atoms with Gasteiger partial charge in [0.15, 0.2) is 11.3 Å². The van der Waals surface area contributed by atoms with Gasteiger partial charge in [0.25, 0.3) is 0 Å². The van der Waals surface area contributed by atoms with Gasteiger partial charge in [-0.2, -0.15) is 0 Å². The summed E-state index contributed by atoms with van der Waals surface area (Å²) in [6.45, 7) is 4.18. The molecule has 0 spiro atoms. The first-order chi connectivity index (χ1) is 18.5. The molecule has 0 fully saturated rings. The molecule has 0 amide bonds. The van der Waals surface area contributed by atoms with Crippen molar-refractivity contribution in [3.63, 3.8) is 0 Å². The molecule has 9 heteroatoms. The van der Waals surface area contributed by atoms with Crippen LogP contribution in [0.3, 0.4) is 0 Å². The Hall–Kier alpha value is -4.92. The number of fused-ring (bicyclic) bond motifs is 1. The average Bonchev–Trinajstić information content (AvgIpc) is 3.47. The van der Waals surface area contributed by atoms with Gasteiger partial charge in [0.2, 0.25) is 11.7 Å². The molecule has 1 aliphatic heterocycles. The van der Waals surface area contributed by atoms with E-state index in [0.29, 0.717) is 35.7 Å². The zero-order valence-electron chi connectivity index (χ0n) is 21.0. The Kier molecular flexibility index (Phi) is 7.17. The van der Waals surface area contributed by atoms with Gasteiger partial charge in [-0.05, 0) is 68.0 Å². The quantitative estimate of drug-likeness (QED) is 0.189. The van der Waals surface area contributed by atoms with Crippen molar-refractivity contribution in [3.05, 3.63) is 101 Å². The van der Waals surface area contributed by atoms with E-state index >= 15 is 0 Å². The highest BCUT2D eigenvalue weighted by Gasteiger charge is 2.37. The van der Waals surface area contributed by atoms with Crippen molar-refractivity contribution >= 4 is 34.5 Å². The number of allylic oxidation sites excluding steroid dienone is 1. The maximum absolute atomic E-state index is 13.2. The fourth-order valence-electron chi connectivity index (χ4n) is 4.05. The van der Waals surface area contributed by atoms with Crippen LogP contribution in [0.25, 0.3) is 17.1 Å². The SMILES string of the molecule is CCOC(=O)C1=C(Nc2ccc(OCCc3ccccn3)cc2C)O/C(=C\c2c[nH]c3ncccc23)C1=O. The number of anilines is 1. The van der Waals surface area contributed by atoms with Crippen molar-refractivity contribution in [2.24, 2.45) is 0 Å². The molecule has 1 aliphatic rings. The molecule has 5 rings (SSSR count). The van der Waals surface area contributed by atoms with Gasteiger partial charge in [0, 0.05) is 47.3 Å². The van der Waals surface area contributed by atoms with E-state index in [1.165, 1.54) is 0 Å². The number of ketones is 1. The third-order valence-corrected chi connectivity index (χ3v) is 5.94. The van der Waals surface area contributed by atoms with Gasteiger partial charge in [-0.25, -0.2) is 9.78 Å². The molecule has 4 aromatic rings. The number of pyridine rings is 2. The summed E-state index contributed by atoms with van der Waals surface area (Å²) in [5.74, 6) is -0.593. The van der Waals surface area contributed by atoms with Gasteiger partial charge in [0.1, 0.15) is 11.4 Å². The van der Waals surface area contributed by atoms with Crippen molar-refractivity contribution in [1.29, 1.82) is 0 Å². The number of rotatable bonds is 9. The molecule has 0 aliphatic carbocycles. The first kappa shape index (κ1) is 24.8. The number of nitrogens with zero attached hydrogens (tertiary/aromatic N) is 2. The Labute approximate surface area is 219 Å². The third kappa shape index (κ3) is 5.27. The number of nitrogens with one attached hydrogen (secondary N) is 2. The number of carbonyl (C=O) groups excluding carboxylic acids is 2. The standard InChI is InChI=1S/C29H26N4O5/c1-3-36-29(35)25-26(34)24(16-19-17-32-27-22(19)8-6-13-31-27)38-28(25)33-23-10-9-21(15-18(23)2)37-14-11-20-7-4-5-12-30-20/h4-10,12-13,15-17,33H,3,11,14H2,1-2H3,(H,31,32)/b24-16-. The lowest BCUT2D eigenvalue weighted by Gasteiger charge is -2.13. The van der Waals surface area contributed by atoms with Gasteiger partial charge in [0.05, 0.1) is 13.2 Å². The fraction of sp³-hybridized carbons (Fsp3) is 0.172. The van der Waals surface area contributed by atoms with Crippen LogP contribution < -0.4 is 10.1 Å². The highest BCUT2D eigenvalue weighted by Crippen LogP contribution is 2.32. The molecule has 0 atom stereocenters. The summed E-state index contributed by atoms with van der Waals surface area (Å²) in [5.41, 5.74) is 3.66. The molecular weight excluding hydrogens is 484 g/mol. The van der Waals surface area contributed by atoms with E-state index in [0.717, 1.165) is 16.6 Å². The van der Waals surface area contributed by atoms with Gasteiger partial charge in [-0.3, -0.25) is 9.78 Å². The number of aromatic nitrogens is 3. The number of H-pyrrole nitrogens is 1. The molecule has 4 heterocycles. The second-order valence-corrected chi connectivity index (χ2v) is 8.53. The highest BCUT2D eigenvalue weighted by molar-refractivity contribution is 6.26. The highest BCUT2D eigenvalue weighted by atomic mass is 16.5. The minimum Gasteiger partial charge on any atom is -0.493 e. The fourth-order valence-corrected chi connectivity index (χ4v) is 4.05. The topological polar surface area (TPSA) is 115 Å². The summed E-state index contributed by atoms with van der Waals surface area (Å²) in [6.07, 6.45) is 7.44. The maximum atomic E-state index is 13.2. The molecule has 0 radical (unpaired) electrons. The number of carbonyl (C=O) groups is 2. The summed E-state index contributed by atoms with van der Waals surface area (Å²) in [7, 11) is 0. The summed E-state index contributed by atoms with van der Waals surface area (Å²) >= 11 is 0. The number of hydrogen-bond acceptors (Lipinski definition) is 8. The van der Waals surface area contributed by atoms with Crippen molar-refractivity contribution in [2.75, 3.05) is 18.5 Å². The van der Waals surface area contributed by atoms with Gasteiger partial charge < -0.3 is 24.5 Å². The number of ether oxygens (including phenoxy) is 3.